The van der Waals surface area contributed by atoms with E-state index in [-0.39, 0.29) is 29.4 Å². The number of hydrogen-bond acceptors (Lipinski definition) is 3. The SMILES string of the molecule is CC(NC1CCC(C(=O)O)CC1)C(=O)NC(C)(C)C. The van der Waals surface area contributed by atoms with Gasteiger partial charge < -0.3 is 15.7 Å². The molecule has 0 aliphatic heterocycles. The molecular formula is C14H26N2O3. The number of carboxylic acid groups (broad SMARTS) is 1. The molecular weight excluding hydrogens is 244 g/mol. The summed E-state index contributed by atoms with van der Waals surface area (Å²) in [4.78, 5) is 22.8. The third-order valence-electron chi connectivity index (χ3n) is 3.45. The number of nitrogens with one attached hydrogen (secondary N) is 2. The summed E-state index contributed by atoms with van der Waals surface area (Å²) in [5, 5.41) is 15.2. The van der Waals surface area contributed by atoms with Crippen molar-refractivity contribution in [3.63, 3.8) is 0 Å². The average Bonchev–Trinajstić information content (AvgIpc) is 2.27. The van der Waals surface area contributed by atoms with E-state index in [4.69, 9.17) is 5.11 Å². The van der Waals surface area contributed by atoms with E-state index in [1.54, 1.807) is 0 Å². The van der Waals surface area contributed by atoms with Gasteiger partial charge in [0.05, 0.1) is 12.0 Å². The van der Waals surface area contributed by atoms with Crippen LogP contribution in [0.5, 0.6) is 0 Å². The van der Waals surface area contributed by atoms with E-state index in [1.165, 1.54) is 0 Å². The van der Waals surface area contributed by atoms with Crippen molar-refractivity contribution in [3.8, 4) is 0 Å². The first-order valence-electron chi connectivity index (χ1n) is 7.00. The van der Waals surface area contributed by atoms with Crippen LogP contribution in [0.4, 0.5) is 0 Å². The molecule has 1 aliphatic carbocycles. The predicted octanol–water partition coefficient (Wildman–Crippen LogP) is 1.52. The quantitative estimate of drug-likeness (QED) is 0.724. The Kier molecular flexibility index (Phi) is 5.35. The normalized spacial score (nSPS) is 25.7. The molecule has 3 N–H and O–H groups in total. The molecule has 0 aromatic carbocycles. The minimum Gasteiger partial charge on any atom is -0.481 e. The van der Waals surface area contributed by atoms with Gasteiger partial charge in [-0.15, -0.1) is 0 Å². The zero-order chi connectivity index (χ0) is 14.6. The van der Waals surface area contributed by atoms with Gasteiger partial charge in [0.15, 0.2) is 0 Å². The van der Waals surface area contributed by atoms with Crippen LogP contribution in [0, 0.1) is 5.92 Å². The fourth-order valence-corrected chi connectivity index (χ4v) is 2.41. The van der Waals surface area contributed by atoms with E-state index in [0.717, 1.165) is 12.8 Å². The highest BCUT2D eigenvalue weighted by atomic mass is 16.4. The zero-order valence-electron chi connectivity index (χ0n) is 12.3. The summed E-state index contributed by atoms with van der Waals surface area (Å²) in [6, 6.07) is 0.00178. The molecule has 1 unspecified atom stereocenters. The highest BCUT2D eigenvalue weighted by Gasteiger charge is 2.28. The van der Waals surface area contributed by atoms with Crippen molar-refractivity contribution in [2.24, 2.45) is 5.92 Å². The summed E-state index contributed by atoms with van der Waals surface area (Å²) in [6.07, 6.45) is 3.04. The lowest BCUT2D eigenvalue weighted by Gasteiger charge is -2.30. The van der Waals surface area contributed by atoms with Crippen molar-refractivity contribution in [2.45, 2.75) is 71.0 Å². The zero-order valence-corrected chi connectivity index (χ0v) is 12.3. The van der Waals surface area contributed by atoms with Gasteiger partial charge in [0.2, 0.25) is 5.91 Å². The molecule has 0 heterocycles. The van der Waals surface area contributed by atoms with Crippen molar-refractivity contribution in [1.82, 2.24) is 10.6 Å². The lowest BCUT2D eigenvalue weighted by Crippen LogP contribution is -2.52. The highest BCUT2D eigenvalue weighted by Crippen LogP contribution is 2.24. The smallest absolute Gasteiger partial charge is 0.306 e. The molecule has 0 aromatic heterocycles. The van der Waals surface area contributed by atoms with Crippen LogP contribution in [0.25, 0.3) is 0 Å². The van der Waals surface area contributed by atoms with Crippen LogP contribution in [-0.4, -0.2) is 34.6 Å². The van der Waals surface area contributed by atoms with Crippen molar-refractivity contribution >= 4 is 11.9 Å². The van der Waals surface area contributed by atoms with Gasteiger partial charge in [0.25, 0.3) is 0 Å². The molecule has 19 heavy (non-hydrogen) atoms. The van der Waals surface area contributed by atoms with Crippen LogP contribution >= 0.6 is 0 Å². The van der Waals surface area contributed by atoms with E-state index in [9.17, 15) is 9.59 Å². The van der Waals surface area contributed by atoms with Gasteiger partial charge in [-0.3, -0.25) is 9.59 Å². The molecule has 0 radical (unpaired) electrons. The Labute approximate surface area is 115 Å². The monoisotopic (exact) mass is 270 g/mol. The third kappa shape index (κ3) is 5.59. The number of carboxylic acids is 1. The number of carbonyl (C=O) groups excluding carboxylic acids is 1. The Hall–Kier alpha value is -1.10. The van der Waals surface area contributed by atoms with E-state index >= 15 is 0 Å². The summed E-state index contributed by atoms with van der Waals surface area (Å²) < 4.78 is 0. The Bertz CT molecular complexity index is 328. The van der Waals surface area contributed by atoms with Gasteiger partial charge in [-0.2, -0.15) is 0 Å². The predicted molar refractivity (Wildman–Crippen MR) is 73.9 cm³/mol. The van der Waals surface area contributed by atoms with Crippen LogP contribution in [0.2, 0.25) is 0 Å². The molecule has 1 amide bonds. The Morgan fingerprint density at radius 1 is 1.16 bits per heavy atom. The van der Waals surface area contributed by atoms with Gasteiger partial charge in [-0.25, -0.2) is 0 Å². The summed E-state index contributed by atoms with van der Waals surface area (Å²) in [6.45, 7) is 7.71. The maximum absolute atomic E-state index is 11.9. The third-order valence-corrected chi connectivity index (χ3v) is 3.45. The highest BCUT2D eigenvalue weighted by molar-refractivity contribution is 5.81. The molecule has 5 nitrogen and oxygen atoms in total. The van der Waals surface area contributed by atoms with Crippen molar-refractivity contribution in [2.75, 3.05) is 0 Å². The molecule has 0 bridgehead atoms. The van der Waals surface area contributed by atoms with E-state index in [1.807, 2.05) is 27.7 Å². The largest absolute Gasteiger partial charge is 0.481 e. The molecule has 1 fully saturated rings. The standard InChI is InChI=1S/C14H26N2O3/c1-9(12(17)16-14(2,3)4)15-11-7-5-10(6-8-11)13(18)19/h9-11,15H,5-8H2,1-4H3,(H,16,17)(H,18,19). The first-order valence-corrected chi connectivity index (χ1v) is 7.00. The molecule has 0 saturated heterocycles. The molecule has 110 valence electrons. The fraction of sp³-hybridized carbons (Fsp3) is 0.857. The summed E-state index contributed by atoms with van der Waals surface area (Å²) >= 11 is 0. The van der Waals surface area contributed by atoms with Crippen LogP contribution in [0.15, 0.2) is 0 Å². The first kappa shape index (κ1) is 16.0. The number of hydrogen-bond donors (Lipinski definition) is 3. The summed E-state index contributed by atoms with van der Waals surface area (Å²) in [5.41, 5.74) is -0.228. The maximum atomic E-state index is 11.9. The lowest BCUT2D eigenvalue weighted by molar-refractivity contribution is -0.143. The fourth-order valence-electron chi connectivity index (χ4n) is 2.41. The molecule has 1 aliphatic rings. The molecule has 1 saturated carbocycles. The number of carbonyl (C=O) groups is 2. The second-order valence-corrected chi connectivity index (χ2v) is 6.51. The van der Waals surface area contributed by atoms with Crippen LogP contribution < -0.4 is 10.6 Å². The lowest BCUT2D eigenvalue weighted by atomic mass is 9.86. The molecule has 0 spiro atoms. The van der Waals surface area contributed by atoms with Crippen molar-refractivity contribution in [3.05, 3.63) is 0 Å². The first-order chi connectivity index (χ1) is 8.69. The molecule has 5 heteroatoms. The average molecular weight is 270 g/mol. The second-order valence-electron chi connectivity index (χ2n) is 6.51. The molecule has 1 rings (SSSR count). The Morgan fingerprint density at radius 3 is 2.11 bits per heavy atom. The van der Waals surface area contributed by atoms with Gasteiger partial charge >= 0.3 is 5.97 Å². The molecule has 0 aromatic rings. The Morgan fingerprint density at radius 2 is 1.68 bits per heavy atom. The van der Waals surface area contributed by atoms with Crippen molar-refractivity contribution in [1.29, 1.82) is 0 Å². The minimum absolute atomic E-state index is 0.00661. The van der Waals surface area contributed by atoms with E-state index in [2.05, 4.69) is 10.6 Å². The van der Waals surface area contributed by atoms with E-state index < -0.39 is 5.97 Å². The minimum atomic E-state index is -0.697. The Balaban J connectivity index is 2.36. The molecule has 1 atom stereocenters. The second kappa shape index (κ2) is 6.37. The topological polar surface area (TPSA) is 78.4 Å². The summed E-state index contributed by atoms with van der Waals surface area (Å²) in [5.74, 6) is -0.915. The number of rotatable bonds is 4. The van der Waals surface area contributed by atoms with Crippen LogP contribution in [0.3, 0.4) is 0 Å². The number of aliphatic carboxylic acids is 1. The summed E-state index contributed by atoms with van der Waals surface area (Å²) in [7, 11) is 0. The van der Waals surface area contributed by atoms with Crippen LogP contribution in [0.1, 0.15) is 53.4 Å². The van der Waals surface area contributed by atoms with Crippen molar-refractivity contribution < 1.29 is 14.7 Å². The van der Waals surface area contributed by atoms with Gasteiger partial charge in [-0.1, -0.05) is 0 Å². The number of amides is 1. The maximum Gasteiger partial charge on any atom is 0.306 e. The van der Waals surface area contributed by atoms with E-state index in [0.29, 0.717) is 12.8 Å². The van der Waals surface area contributed by atoms with Crippen LogP contribution in [-0.2, 0) is 9.59 Å². The van der Waals surface area contributed by atoms with Gasteiger partial charge in [-0.05, 0) is 53.4 Å². The van der Waals surface area contributed by atoms with Gasteiger partial charge in [0, 0.05) is 11.6 Å². The van der Waals surface area contributed by atoms with Gasteiger partial charge in [0.1, 0.15) is 0 Å².